The zero-order valence-corrected chi connectivity index (χ0v) is 21.4. The summed E-state index contributed by atoms with van der Waals surface area (Å²) in [5.41, 5.74) is 11.1. The van der Waals surface area contributed by atoms with E-state index in [0.717, 1.165) is 48.1 Å². The van der Waals surface area contributed by atoms with E-state index < -0.39 is 11.9 Å². The lowest BCUT2D eigenvalue weighted by molar-refractivity contribution is -0.136. The van der Waals surface area contributed by atoms with Crippen LogP contribution in [-0.2, 0) is 27.1 Å². The standard InChI is InChI=1S/C28H28N4O3S/c1-16(2)17-8-10-18(11-9-17)24-21(14-30)26(31)35-23(25(24)28(33)34-3)15-36-27-20(13-29)12-19-6-4-5-7-22(19)32-27/h8-12,16,24H,4-7,15,31H2,1-3H3. The van der Waals surface area contributed by atoms with Gasteiger partial charge in [-0.15, -0.1) is 0 Å². The van der Waals surface area contributed by atoms with Crippen LogP contribution in [0, 0.1) is 22.7 Å². The molecule has 8 heteroatoms. The first-order valence-electron chi connectivity index (χ1n) is 11.9. The van der Waals surface area contributed by atoms with Crippen molar-refractivity contribution in [2.75, 3.05) is 12.9 Å². The van der Waals surface area contributed by atoms with E-state index >= 15 is 0 Å². The first-order valence-corrected chi connectivity index (χ1v) is 12.9. The first kappa shape index (κ1) is 25.3. The summed E-state index contributed by atoms with van der Waals surface area (Å²) in [4.78, 5) is 17.8. The van der Waals surface area contributed by atoms with Crippen LogP contribution in [0.5, 0.6) is 0 Å². The van der Waals surface area contributed by atoms with Crippen molar-refractivity contribution in [2.24, 2.45) is 5.73 Å². The van der Waals surface area contributed by atoms with Crippen LogP contribution in [0.2, 0.25) is 0 Å². The molecule has 2 heterocycles. The predicted octanol–water partition coefficient (Wildman–Crippen LogP) is 4.98. The smallest absolute Gasteiger partial charge is 0.338 e. The Labute approximate surface area is 215 Å². The Morgan fingerprint density at radius 1 is 1.22 bits per heavy atom. The number of hydrogen-bond acceptors (Lipinski definition) is 8. The summed E-state index contributed by atoms with van der Waals surface area (Å²) in [6.07, 6.45) is 3.99. The number of nitrogens with zero attached hydrogens (tertiary/aromatic N) is 3. The molecule has 0 saturated carbocycles. The van der Waals surface area contributed by atoms with Gasteiger partial charge in [0.1, 0.15) is 28.5 Å². The number of nitriles is 2. The number of esters is 1. The van der Waals surface area contributed by atoms with Crippen LogP contribution in [0.1, 0.15) is 66.5 Å². The van der Waals surface area contributed by atoms with Crippen LogP contribution in [-0.4, -0.2) is 23.8 Å². The van der Waals surface area contributed by atoms with Gasteiger partial charge in [-0.05, 0) is 54.4 Å². The average molecular weight is 501 g/mol. The number of fused-ring (bicyclic) bond motifs is 1. The molecule has 0 saturated heterocycles. The number of allylic oxidation sites excluding steroid dienone is 1. The Kier molecular flexibility index (Phi) is 7.67. The lowest BCUT2D eigenvalue weighted by atomic mass is 9.82. The molecule has 4 rings (SSSR count). The highest BCUT2D eigenvalue weighted by molar-refractivity contribution is 7.99. The SMILES string of the molecule is COC(=O)C1=C(CSc2nc3c(cc2C#N)CCCC3)OC(N)=C(C#N)C1c1ccc(C(C)C)cc1. The van der Waals surface area contributed by atoms with Crippen molar-refractivity contribution in [3.63, 3.8) is 0 Å². The number of rotatable bonds is 6. The van der Waals surface area contributed by atoms with Gasteiger partial charge in [-0.25, -0.2) is 9.78 Å². The topological polar surface area (TPSA) is 122 Å². The highest BCUT2D eigenvalue weighted by Crippen LogP contribution is 2.41. The second-order valence-corrected chi connectivity index (χ2v) is 10.1. The lowest BCUT2D eigenvalue weighted by Crippen LogP contribution is -2.26. The normalized spacial score (nSPS) is 17.2. The van der Waals surface area contributed by atoms with Gasteiger partial charge in [-0.3, -0.25) is 0 Å². The highest BCUT2D eigenvalue weighted by atomic mass is 32.2. The van der Waals surface area contributed by atoms with Crippen molar-refractivity contribution in [2.45, 2.75) is 56.4 Å². The summed E-state index contributed by atoms with van der Waals surface area (Å²) in [5.74, 6) is -0.527. The van der Waals surface area contributed by atoms with E-state index in [-0.39, 0.29) is 22.8 Å². The zero-order chi connectivity index (χ0) is 25.8. The number of ether oxygens (including phenoxy) is 2. The van der Waals surface area contributed by atoms with E-state index in [4.69, 9.17) is 20.2 Å². The molecule has 2 N–H and O–H groups in total. The maximum atomic E-state index is 13.0. The summed E-state index contributed by atoms with van der Waals surface area (Å²) in [7, 11) is 1.30. The summed E-state index contributed by atoms with van der Waals surface area (Å²) in [5, 5.41) is 20.2. The third-order valence-corrected chi connectivity index (χ3v) is 7.56. The third-order valence-electron chi connectivity index (χ3n) is 6.56. The second kappa shape index (κ2) is 10.9. The fraction of sp³-hybridized carbons (Fsp3) is 0.357. The number of benzene rings is 1. The molecule has 36 heavy (non-hydrogen) atoms. The molecule has 1 aliphatic heterocycles. The predicted molar refractivity (Wildman–Crippen MR) is 137 cm³/mol. The second-order valence-electron chi connectivity index (χ2n) is 9.13. The van der Waals surface area contributed by atoms with Gasteiger partial charge < -0.3 is 15.2 Å². The average Bonchev–Trinajstić information content (AvgIpc) is 2.90. The molecule has 0 bridgehead atoms. The highest BCUT2D eigenvalue weighted by Gasteiger charge is 2.37. The monoisotopic (exact) mass is 500 g/mol. The van der Waals surface area contributed by atoms with Gasteiger partial charge in [0, 0.05) is 5.69 Å². The van der Waals surface area contributed by atoms with Gasteiger partial charge in [-0.1, -0.05) is 49.9 Å². The molecule has 1 aromatic heterocycles. The molecule has 1 aromatic carbocycles. The quantitative estimate of drug-likeness (QED) is 0.435. The van der Waals surface area contributed by atoms with Crippen molar-refractivity contribution < 1.29 is 14.3 Å². The maximum Gasteiger partial charge on any atom is 0.338 e. The van der Waals surface area contributed by atoms with Crippen LogP contribution in [0.25, 0.3) is 0 Å². The van der Waals surface area contributed by atoms with E-state index in [2.05, 4.69) is 26.0 Å². The van der Waals surface area contributed by atoms with Crippen LogP contribution < -0.4 is 5.73 Å². The minimum atomic E-state index is -0.722. The number of aromatic nitrogens is 1. The van der Waals surface area contributed by atoms with Crippen molar-refractivity contribution in [1.82, 2.24) is 4.98 Å². The number of aryl methyl sites for hydroxylation is 2. The molecule has 184 valence electrons. The van der Waals surface area contributed by atoms with Crippen LogP contribution in [0.3, 0.4) is 0 Å². The van der Waals surface area contributed by atoms with Gasteiger partial charge in [0.05, 0.1) is 29.9 Å². The maximum absolute atomic E-state index is 13.0. The molecule has 2 aromatic rings. The molecule has 0 fully saturated rings. The first-order chi connectivity index (χ1) is 17.4. The van der Waals surface area contributed by atoms with Crippen molar-refractivity contribution in [3.05, 3.63) is 81.1 Å². The molecule has 0 spiro atoms. The van der Waals surface area contributed by atoms with Crippen LogP contribution in [0.15, 0.2) is 58.1 Å². The van der Waals surface area contributed by atoms with E-state index in [1.54, 1.807) is 0 Å². The van der Waals surface area contributed by atoms with E-state index in [1.165, 1.54) is 18.9 Å². The third kappa shape index (κ3) is 4.96. The molecule has 1 aliphatic carbocycles. The molecular formula is C28H28N4O3S. The minimum absolute atomic E-state index is 0.0439. The minimum Gasteiger partial charge on any atom is -0.466 e. The Morgan fingerprint density at radius 2 is 1.94 bits per heavy atom. The van der Waals surface area contributed by atoms with Gasteiger partial charge in [0.2, 0.25) is 5.88 Å². The number of nitrogens with two attached hydrogens (primary N) is 1. The van der Waals surface area contributed by atoms with E-state index in [1.807, 2.05) is 30.3 Å². The fourth-order valence-corrected chi connectivity index (χ4v) is 5.52. The Balaban J connectivity index is 1.74. The number of pyridine rings is 1. The zero-order valence-electron chi connectivity index (χ0n) is 20.6. The number of thioether (sulfide) groups is 1. The van der Waals surface area contributed by atoms with Gasteiger partial charge in [0.15, 0.2) is 0 Å². The van der Waals surface area contributed by atoms with Crippen molar-refractivity contribution >= 4 is 17.7 Å². The molecule has 0 radical (unpaired) electrons. The number of carbonyl (C=O) groups excluding carboxylic acids is 1. The summed E-state index contributed by atoms with van der Waals surface area (Å²) in [6, 6.07) is 14.1. The number of carbonyl (C=O) groups is 1. The van der Waals surface area contributed by atoms with E-state index in [0.29, 0.717) is 22.3 Å². The lowest BCUT2D eigenvalue weighted by Gasteiger charge is -2.28. The Morgan fingerprint density at radius 3 is 2.58 bits per heavy atom. The van der Waals surface area contributed by atoms with Gasteiger partial charge in [0.25, 0.3) is 0 Å². The molecular weight excluding hydrogens is 472 g/mol. The fourth-order valence-electron chi connectivity index (χ4n) is 4.60. The summed E-state index contributed by atoms with van der Waals surface area (Å²) < 4.78 is 10.9. The molecule has 0 amide bonds. The molecule has 1 unspecified atom stereocenters. The van der Waals surface area contributed by atoms with Gasteiger partial charge in [-0.2, -0.15) is 10.5 Å². The molecule has 7 nitrogen and oxygen atoms in total. The van der Waals surface area contributed by atoms with Crippen molar-refractivity contribution in [1.29, 1.82) is 10.5 Å². The summed E-state index contributed by atoms with van der Waals surface area (Å²) in [6.45, 7) is 4.20. The molecule has 1 atom stereocenters. The number of methoxy groups -OCH3 is 1. The van der Waals surface area contributed by atoms with Gasteiger partial charge >= 0.3 is 5.97 Å². The van der Waals surface area contributed by atoms with Crippen LogP contribution in [0.4, 0.5) is 0 Å². The van der Waals surface area contributed by atoms with Crippen molar-refractivity contribution in [3.8, 4) is 12.1 Å². The largest absolute Gasteiger partial charge is 0.466 e. The Hall–Kier alpha value is -3.75. The van der Waals surface area contributed by atoms with E-state index in [9.17, 15) is 15.3 Å². The summed E-state index contributed by atoms with van der Waals surface area (Å²) >= 11 is 1.31. The number of hydrogen-bond donors (Lipinski definition) is 1. The van der Waals surface area contributed by atoms with Crippen LogP contribution >= 0.6 is 11.8 Å². The Bertz CT molecular complexity index is 1330. The molecule has 2 aliphatic rings.